The van der Waals surface area contributed by atoms with Gasteiger partial charge in [-0.25, -0.2) is 8.42 Å². The average Bonchev–Trinajstić information content (AvgIpc) is 3.13. The molecule has 3 rings (SSSR count). The van der Waals surface area contributed by atoms with E-state index in [0.717, 1.165) is 5.56 Å². The highest BCUT2D eigenvalue weighted by Crippen LogP contribution is 2.36. The summed E-state index contributed by atoms with van der Waals surface area (Å²) in [7, 11) is -2.31. The van der Waals surface area contributed by atoms with Crippen LogP contribution in [-0.4, -0.2) is 44.4 Å². The van der Waals surface area contributed by atoms with Crippen molar-refractivity contribution < 1.29 is 18.1 Å². The molecule has 1 atom stereocenters. The van der Waals surface area contributed by atoms with Crippen LogP contribution in [0.5, 0.6) is 5.75 Å². The van der Waals surface area contributed by atoms with Gasteiger partial charge in [0.2, 0.25) is 0 Å². The van der Waals surface area contributed by atoms with E-state index in [2.05, 4.69) is 5.32 Å². The van der Waals surface area contributed by atoms with Gasteiger partial charge in [-0.05, 0) is 23.5 Å². The normalized spacial score (nSPS) is 18.8. The maximum absolute atomic E-state index is 13.1. The summed E-state index contributed by atoms with van der Waals surface area (Å²) in [5.41, 5.74) is 0.756. The van der Waals surface area contributed by atoms with Gasteiger partial charge in [-0.15, -0.1) is 0 Å². The number of thiophene rings is 1. The van der Waals surface area contributed by atoms with E-state index in [0.29, 0.717) is 30.2 Å². The second kappa shape index (κ2) is 7.08. The Morgan fingerprint density at radius 1 is 1.32 bits per heavy atom. The number of ether oxygens (including phenoxy) is 1. The molecule has 1 fully saturated rings. The van der Waals surface area contributed by atoms with E-state index in [-0.39, 0.29) is 15.8 Å². The molecule has 1 unspecified atom stereocenters. The lowest BCUT2D eigenvalue weighted by Gasteiger charge is -2.35. The fourth-order valence-electron chi connectivity index (χ4n) is 2.84. The molecule has 1 aromatic carbocycles. The van der Waals surface area contributed by atoms with Gasteiger partial charge in [0.1, 0.15) is 9.96 Å². The molecule has 0 spiro atoms. The van der Waals surface area contributed by atoms with Crippen LogP contribution in [0.1, 0.15) is 11.6 Å². The molecule has 10 heteroatoms. The number of piperazine rings is 1. The summed E-state index contributed by atoms with van der Waals surface area (Å²) in [5, 5.41) is 13.9. The van der Waals surface area contributed by atoms with Gasteiger partial charge in [-0.2, -0.15) is 4.31 Å². The Hall–Kier alpha value is -2.01. The van der Waals surface area contributed by atoms with Gasteiger partial charge < -0.3 is 10.1 Å². The van der Waals surface area contributed by atoms with Crippen LogP contribution in [0.15, 0.2) is 40.6 Å². The topological polar surface area (TPSA) is 102 Å². The van der Waals surface area contributed by atoms with Crippen LogP contribution in [0, 0.1) is 10.1 Å². The zero-order valence-corrected chi connectivity index (χ0v) is 15.0. The summed E-state index contributed by atoms with van der Waals surface area (Å²) in [6.45, 7) is 1.22. The van der Waals surface area contributed by atoms with Gasteiger partial charge in [0, 0.05) is 31.3 Å². The number of nitrogens with zero attached hydrogens (tertiary/aromatic N) is 2. The smallest absolute Gasteiger partial charge is 0.325 e. The molecule has 25 heavy (non-hydrogen) atoms. The van der Waals surface area contributed by atoms with Crippen LogP contribution in [0.4, 0.5) is 5.00 Å². The number of para-hydroxylation sites is 1. The maximum Gasteiger partial charge on any atom is 0.325 e. The van der Waals surface area contributed by atoms with Crippen molar-refractivity contribution in [2.75, 3.05) is 26.7 Å². The van der Waals surface area contributed by atoms with Gasteiger partial charge in [-0.1, -0.05) is 18.2 Å². The van der Waals surface area contributed by atoms with E-state index < -0.39 is 21.0 Å². The predicted octanol–water partition coefficient (Wildman–Crippen LogP) is 2.00. The first kappa shape index (κ1) is 17.8. The lowest BCUT2D eigenvalue weighted by Crippen LogP contribution is -2.48. The van der Waals surface area contributed by atoms with E-state index in [1.807, 2.05) is 18.2 Å². The summed E-state index contributed by atoms with van der Waals surface area (Å²) in [6, 6.07) is 9.32. The zero-order valence-electron chi connectivity index (χ0n) is 13.4. The Labute approximate surface area is 149 Å². The maximum atomic E-state index is 13.1. The van der Waals surface area contributed by atoms with Crippen LogP contribution >= 0.6 is 11.3 Å². The lowest BCUT2D eigenvalue weighted by atomic mass is 10.0. The monoisotopic (exact) mass is 383 g/mol. The average molecular weight is 383 g/mol. The number of rotatable bonds is 5. The minimum absolute atomic E-state index is 0.0269. The highest BCUT2D eigenvalue weighted by atomic mass is 32.2. The number of hydrogen-bond acceptors (Lipinski definition) is 7. The van der Waals surface area contributed by atoms with Crippen LogP contribution in [0.2, 0.25) is 0 Å². The highest BCUT2D eigenvalue weighted by molar-refractivity contribution is 7.91. The molecule has 1 saturated heterocycles. The number of hydrogen-bond donors (Lipinski definition) is 1. The van der Waals surface area contributed by atoms with E-state index in [9.17, 15) is 18.5 Å². The molecule has 1 aliphatic rings. The standard InChI is InChI=1S/C15H17N3O5S2/c1-23-13-5-3-2-4-11(13)12-10-16-8-9-17(12)25(21,22)15-7-6-14(24-15)18(19)20/h2-7,12,16H,8-10H2,1H3. The van der Waals surface area contributed by atoms with Gasteiger partial charge in [0.25, 0.3) is 10.0 Å². The summed E-state index contributed by atoms with van der Waals surface area (Å²) in [4.78, 5) is 10.3. The van der Waals surface area contributed by atoms with Crippen molar-refractivity contribution in [1.82, 2.24) is 9.62 Å². The van der Waals surface area contributed by atoms with Crippen molar-refractivity contribution in [3.8, 4) is 5.75 Å². The third-order valence-electron chi connectivity index (χ3n) is 4.00. The zero-order chi connectivity index (χ0) is 18.0. The number of methoxy groups -OCH3 is 1. The van der Waals surface area contributed by atoms with Gasteiger partial charge in [0.05, 0.1) is 18.1 Å². The molecule has 1 N–H and O–H groups in total. The van der Waals surface area contributed by atoms with Crippen LogP contribution < -0.4 is 10.1 Å². The third-order valence-corrected chi connectivity index (χ3v) is 7.41. The van der Waals surface area contributed by atoms with Crippen LogP contribution in [0.3, 0.4) is 0 Å². The predicted molar refractivity (Wildman–Crippen MR) is 93.5 cm³/mol. The highest BCUT2D eigenvalue weighted by Gasteiger charge is 2.37. The summed E-state index contributed by atoms with van der Waals surface area (Å²) in [5.74, 6) is 0.605. The van der Waals surface area contributed by atoms with Crippen molar-refractivity contribution in [3.63, 3.8) is 0 Å². The fraction of sp³-hybridized carbons (Fsp3) is 0.333. The molecule has 134 valence electrons. The summed E-state index contributed by atoms with van der Waals surface area (Å²) in [6.07, 6.45) is 0. The Balaban J connectivity index is 2.01. The van der Waals surface area contributed by atoms with Crippen LogP contribution in [0.25, 0.3) is 0 Å². The lowest BCUT2D eigenvalue weighted by molar-refractivity contribution is -0.380. The minimum atomic E-state index is -3.85. The molecule has 0 amide bonds. The largest absolute Gasteiger partial charge is 0.496 e. The molecule has 1 aromatic heterocycles. The van der Waals surface area contributed by atoms with E-state index >= 15 is 0 Å². The number of nitrogens with one attached hydrogen (secondary N) is 1. The van der Waals surface area contributed by atoms with Gasteiger partial charge >= 0.3 is 5.00 Å². The molecule has 0 bridgehead atoms. The number of benzene rings is 1. The van der Waals surface area contributed by atoms with Gasteiger partial charge in [-0.3, -0.25) is 10.1 Å². The van der Waals surface area contributed by atoms with Crippen LogP contribution in [-0.2, 0) is 10.0 Å². The summed E-state index contributed by atoms with van der Waals surface area (Å²) < 4.78 is 32.8. The quantitative estimate of drug-likeness (QED) is 0.626. The van der Waals surface area contributed by atoms with Crippen molar-refractivity contribution in [2.24, 2.45) is 0 Å². The Kier molecular flexibility index (Phi) is 5.04. The minimum Gasteiger partial charge on any atom is -0.496 e. The number of sulfonamides is 1. The molecule has 8 nitrogen and oxygen atoms in total. The Morgan fingerprint density at radius 2 is 2.08 bits per heavy atom. The molecular formula is C15H17N3O5S2. The Morgan fingerprint density at radius 3 is 2.76 bits per heavy atom. The molecule has 0 radical (unpaired) electrons. The molecule has 2 heterocycles. The van der Waals surface area contributed by atoms with E-state index in [4.69, 9.17) is 4.74 Å². The van der Waals surface area contributed by atoms with Gasteiger partial charge in [0.15, 0.2) is 0 Å². The molecule has 0 aliphatic carbocycles. The first-order valence-electron chi connectivity index (χ1n) is 7.55. The fourth-order valence-corrected chi connectivity index (χ4v) is 5.69. The van der Waals surface area contributed by atoms with Crippen molar-refractivity contribution in [1.29, 1.82) is 0 Å². The molecule has 0 saturated carbocycles. The van der Waals surface area contributed by atoms with Crippen molar-refractivity contribution >= 4 is 26.4 Å². The number of nitro groups is 1. The SMILES string of the molecule is COc1ccccc1C1CNCCN1S(=O)(=O)c1ccc([N+](=O)[O-])s1. The Bertz CT molecular complexity index is 881. The molecule has 2 aromatic rings. The second-order valence-electron chi connectivity index (χ2n) is 5.43. The third kappa shape index (κ3) is 3.38. The molecular weight excluding hydrogens is 366 g/mol. The molecule has 1 aliphatic heterocycles. The van der Waals surface area contributed by atoms with E-state index in [1.54, 1.807) is 6.07 Å². The first-order valence-corrected chi connectivity index (χ1v) is 9.80. The van der Waals surface area contributed by atoms with Crippen molar-refractivity contribution in [3.05, 3.63) is 52.1 Å². The van der Waals surface area contributed by atoms with Crippen molar-refractivity contribution in [2.45, 2.75) is 10.3 Å². The second-order valence-corrected chi connectivity index (χ2v) is 8.61. The summed E-state index contributed by atoms with van der Waals surface area (Å²) >= 11 is 0.668. The first-order chi connectivity index (χ1) is 11.9. The van der Waals surface area contributed by atoms with E-state index in [1.165, 1.54) is 23.5 Å².